The molecule has 5 heteroatoms. The molecule has 0 aromatic carbocycles. The highest BCUT2D eigenvalue weighted by Crippen LogP contribution is 2.31. The lowest BCUT2D eigenvalue weighted by Crippen LogP contribution is -2.48. The average Bonchev–Trinajstić information content (AvgIpc) is 2.71. The van der Waals surface area contributed by atoms with E-state index in [-0.39, 0.29) is 0 Å². The second kappa shape index (κ2) is 4.48. The first-order chi connectivity index (χ1) is 8.29. The van der Waals surface area contributed by atoms with Crippen molar-refractivity contribution in [2.75, 3.05) is 6.54 Å². The number of aliphatic hydroxyl groups is 1. The molecule has 0 saturated heterocycles. The van der Waals surface area contributed by atoms with Gasteiger partial charge in [-0.25, -0.2) is 0 Å². The topological polar surface area (TPSA) is 59.4 Å². The van der Waals surface area contributed by atoms with Crippen molar-refractivity contribution in [3.63, 3.8) is 0 Å². The lowest BCUT2D eigenvalue weighted by atomic mass is 9.80. The molecule has 0 spiro atoms. The molecule has 0 amide bonds. The minimum absolute atomic E-state index is 0.593. The summed E-state index contributed by atoms with van der Waals surface area (Å²) in [6.45, 7) is 7.81. The highest BCUT2D eigenvalue weighted by molar-refractivity contribution is 6.40. The minimum atomic E-state index is -0.908. The zero-order valence-electron chi connectivity index (χ0n) is 11.3. The largest absolute Gasteiger partial charge is 0.462 e. The zero-order valence-corrected chi connectivity index (χ0v) is 11.3. The number of aromatic nitrogens is 1. The van der Waals surface area contributed by atoms with Gasteiger partial charge in [0.1, 0.15) is 0 Å². The van der Waals surface area contributed by atoms with Crippen molar-refractivity contribution in [2.45, 2.75) is 38.9 Å². The maximum absolute atomic E-state index is 10.0. The van der Waals surface area contributed by atoms with Crippen molar-refractivity contribution in [3.05, 3.63) is 28.6 Å². The van der Waals surface area contributed by atoms with Gasteiger partial charge in [0, 0.05) is 0 Å². The van der Waals surface area contributed by atoms with Gasteiger partial charge >= 0.3 is 7.48 Å². The van der Waals surface area contributed by atoms with Crippen LogP contribution in [-0.2, 0) is 4.65 Å². The standard InChI is InChI=1S/C13H19BN2O2/c1-12(2,17)13(3,4)18-14-10-7-9-5-6-15-11(9)16-8-10/h5-7,15,17H,8H2,1-4H3/q-1. The van der Waals surface area contributed by atoms with Gasteiger partial charge in [-0.1, -0.05) is 29.6 Å². The van der Waals surface area contributed by atoms with Crippen LogP contribution in [0.3, 0.4) is 0 Å². The first-order valence-corrected chi connectivity index (χ1v) is 6.08. The first-order valence-electron chi connectivity index (χ1n) is 6.08. The van der Waals surface area contributed by atoms with Gasteiger partial charge in [-0.2, -0.15) is 0 Å². The number of nitrogens with zero attached hydrogens (tertiary/aromatic N) is 1. The molecule has 1 aliphatic heterocycles. The lowest BCUT2D eigenvalue weighted by molar-refractivity contribution is -0.0896. The highest BCUT2D eigenvalue weighted by atomic mass is 16.5. The van der Waals surface area contributed by atoms with Gasteiger partial charge in [-0.05, 0) is 39.8 Å². The van der Waals surface area contributed by atoms with Crippen LogP contribution < -0.4 is 0 Å². The molecular formula is C13H19BN2O2-. The third-order valence-corrected chi connectivity index (χ3v) is 3.50. The van der Waals surface area contributed by atoms with Gasteiger partial charge in [-0.3, -0.25) is 0 Å². The van der Waals surface area contributed by atoms with Crippen LogP contribution in [-0.4, -0.2) is 35.3 Å². The number of rotatable bonds is 4. The predicted molar refractivity (Wildman–Crippen MR) is 73.9 cm³/mol. The molecule has 0 fully saturated rings. The Kier molecular flexibility index (Phi) is 3.30. The highest BCUT2D eigenvalue weighted by Gasteiger charge is 2.35. The maximum Gasteiger partial charge on any atom is 0.326 e. The molecule has 2 rings (SSSR count). The molecule has 2 N–H and O–H groups in total. The first kappa shape index (κ1) is 13.2. The molecule has 18 heavy (non-hydrogen) atoms. The van der Waals surface area contributed by atoms with E-state index in [4.69, 9.17) is 4.65 Å². The van der Waals surface area contributed by atoms with E-state index in [1.807, 2.05) is 32.2 Å². The van der Waals surface area contributed by atoms with Crippen LogP contribution >= 0.6 is 0 Å². The molecule has 0 aliphatic carbocycles. The van der Waals surface area contributed by atoms with E-state index < -0.39 is 11.2 Å². The third kappa shape index (κ3) is 2.62. The number of hydrogen-bond acceptors (Lipinski definition) is 2. The van der Waals surface area contributed by atoms with Crippen LogP contribution in [0.15, 0.2) is 17.7 Å². The normalized spacial score (nSPS) is 15.7. The molecule has 1 aliphatic rings. The van der Waals surface area contributed by atoms with Gasteiger partial charge in [0.05, 0.1) is 11.2 Å². The summed E-state index contributed by atoms with van der Waals surface area (Å²) in [6, 6.07) is 1.98. The monoisotopic (exact) mass is 246 g/mol. The maximum atomic E-state index is 10.0. The van der Waals surface area contributed by atoms with Crippen molar-refractivity contribution < 1.29 is 9.76 Å². The van der Waals surface area contributed by atoms with Crippen LogP contribution in [0.2, 0.25) is 0 Å². The molecule has 1 radical (unpaired) electrons. The Balaban J connectivity index is 2.01. The van der Waals surface area contributed by atoms with Gasteiger partial charge in [-0.15, -0.1) is 0 Å². The van der Waals surface area contributed by atoms with Gasteiger partial charge in [0.2, 0.25) is 0 Å². The fourth-order valence-corrected chi connectivity index (χ4v) is 1.48. The molecule has 1 aromatic rings. The van der Waals surface area contributed by atoms with Gasteiger partial charge in [0.15, 0.2) is 0 Å². The van der Waals surface area contributed by atoms with Crippen LogP contribution in [0.5, 0.6) is 0 Å². The van der Waals surface area contributed by atoms with E-state index in [0.717, 1.165) is 16.9 Å². The molecule has 97 valence electrons. The second-order valence-electron chi connectivity index (χ2n) is 5.62. The summed E-state index contributed by atoms with van der Waals surface area (Å²) in [5.41, 5.74) is 0.512. The van der Waals surface area contributed by atoms with E-state index in [1.54, 1.807) is 21.3 Å². The molecule has 0 atom stereocenters. The molecule has 2 heterocycles. The third-order valence-electron chi connectivity index (χ3n) is 3.50. The van der Waals surface area contributed by atoms with Crippen molar-refractivity contribution in [2.24, 2.45) is 0 Å². The number of H-pyrrole nitrogens is 1. The molecule has 0 saturated carbocycles. The van der Waals surface area contributed by atoms with Crippen LogP contribution in [0.1, 0.15) is 33.3 Å². The SMILES string of the molecule is CC(C)(O)C(C)(C)O[B]C1=Cc2cc[nH]c2[N-]C1. The van der Waals surface area contributed by atoms with Crippen molar-refractivity contribution in [3.8, 4) is 0 Å². The Morgan fingerprint density at radius 1 is 1.39 bits per heavy atom. The van der Waals surface area contributed by atoms with E-state index in [1.165, 1.54) is 0 Å². The van der Waals surface area contributed by atoms with E-state index in [9.17, 15) is 5.11 Å². The number of hydrogen-bond donors (Lipinski definition) is 2. The Morgan fingerprint density at radius 3 is 2.78 bits per heavy atom. The van der Waals surface area contributed by atoms with Gasteiger partial charge in [0.25, 0.3) is 0 Å². The van der Waals surface area contributed by atoms with Crippen molar-refractivity contribution >= 4 is 19.4 Å². The summed E-state index contributed by atoms with van der Waals surface area (Å²) < 4.78 is 5.71. The molecular weight excluding hydrogens is 227 g/mol. The summed E-state index contributed by atoms with van der Waals surface area (Å²) in [6.07, 6.45) is 3.91. The summed E-state index contributed by atoms with van der Waals surface area (Å²) in [5.74, 6) is 0.911. The van der Waals surface area contributed by atoms with Crippen LogP contribution in [0.4, 0.5) is 5.82 Å². The minimum Gasteiger partial charge on any atom is -0.462 e. The summed E-state index contributed by atoms with van der Waals surface area (Å²) >= 11 is 0. The van der Waals surface area contributed by atoms with E-state index in [0.29, 0.717) is 6.54 Å². The summed E-state index contributed by atoms with van der Waals surface area (Å²) in [5, 5.41) is 14.4. The Hall–Kier alpha value is -1.20. The Labute approximate surface area is 109 Å². The molecule has 4 nitrogen and oxygen atoms in total. The van der Waals surface area contributed by atoms with Crippen LogP contribution in [0.25, 0.3) is 11.4 Å². The molecule has 1 aromatic heterocycles. The number of aromatic amines is 1. The second-order valence-corrected chi connectivity index (χ2v) is 5.62. The fraction of sp³-hybridized carbons (Fsp3) is 0.538. The van der Waals surface area contributed by atoms with Crippen molar-refractivity contribution in [1.82, 2.24) is 4.98 Å². The molecule has 0 unspecified atom stereocenters. The van der Waals surface area contributed by atoms with Crippen molar-refractivity contribution in [1.29, 1.82) is 0 Å². The quantitative estimate of drug-likeness (QED) is 0.802. The van der Waals surface area contributed by atoms with E-state index >= 15 is 0 Å². The van der Waals surface area contributed by atoms with Gasteiger partial charge < -0.3 is 20.1 Å². The zero-order chi connectivity index (χ0) is 13.4. The fourth-order valence-electron chi connectivity index (χ4n) is 1.48. The summed E-state index contributed by atoms with van der Waals surface area (Å²) in [4.78, 5) is 3.07. The summed E-state index contributed by atoms with van der Waals surface area (Å²) in [7, 11) is 1.69. The lowest BCUT2D eigenvalue weighted by Gasteiger charge is -2.38. The Bertz CT molecular complexity index is 458. The molecule has 0 bridgehead atoms. The number of fused-ring (bicyclic) bond motifs is 1. The average molecular weight is 246 g/mol. The predicted octanol–water partition coefficient (Wildman–Crippen LogP) is 2.56. The van der Waals surface area contributed by atoms with Crippen LogP contribution in [0, 0.1) is 0 Å². The Morgan fingerprint density at radius 2 is 2.11 bits per heavy atom. The number of nitrogens with one attached hydrogen (secondary N) is 1. The van der Waals surface area contributed by atoms with E-state index in [2.05, 4.69) is 10.3 Å². The smallest absolute Gasteiger partial charge is 0.326 e.